The van der Waals surface area contributed by atoms with Crippen molar-refractivity contribution >= 4 is 17.9 Å². The monoisotopic (exact) mass is 230 g/mol. The van der Waals surface area contributed by atoms with E-state index in [1.165, 1.54) is 13.0 Å². The van der Waals surface area contributed by atoms with Crippen LogP contribution in [-0.4, -0.2) is 34.7 Å². The quantitative estimate of drug-likeness (QED) is 0.548. The van der Waals surface area contributed by atoms with Crippen LogP contribution < -0.4 is 0 Å². The minimum Gasteiger partial charge on any atom is -0.479 e. The number of aliphatic carboxylic acids is 2. The van der Waals surface area contributed by atoms with Gasteiger partial charge in [-0.2, -0.15) is 0 Å². The molecule has 0 bridgehead atoms. The van der Waals surface area contributed by atoms with Crippen molar-refractivity contribution in [2.75, 3.05) is 6.61 Å². The molecule has 0 atom stereocenters. The second-order valence-corrected chi connectivity index (χ2v) is 2.59. The Balaban J connectivity index is 0. The molecule has 0 aromatic rings. The Morgan fingerprint density at radius 3 is 2.00 bits per heavy atom. The SMILES string of the molecule is C=C(C)C(=O)OCC(=O)O.CC=CC(=O)O. The van der Waals surface area contributed by atoms with Gasteiger partial charge in [-0.3, -0.25) is 0 Å². The second kappa shape index (κ2) is 9.45. The summed E-state index contributed by atoms with van der Waals surface area (Å²) >= 11 is 0. The van der Waals surface area contributed by atoms with Crippen LogP contribution in [0.2, 0.25) is 0 Å². The summed E-state index contributed by atoms with van der Waals surface area (Å²) in [6.45, 7) is 5.77. The predicted octanol–water partition coefficient (Wildman–Crippen LogP) is 0.837. The minimum atomic E-state index is -1.17. The number of carboxylic acid groups (broad SMARTS) is 2. The van der Waals surface area contributed by atoms with Crippen LogP contribution in [-0.2, 0) is 19.1 Å². The molecule has 0 amide bonds. The Bertz CT molecular complexity index is 302. The van der Waals surface area contributed by atoms with Gasteiger partial charge in [-0.15, -0.1) is 0 Å². The van der Waals surface area contributed by atoms with Crippen molar-refractivity contribution in [1.82, 2.24) is 0 Å². The molecule has 0 fully saturated rings. The van der Waals surface area contributed by atoms with E-state index in [1.54, 1.807) is 6.92 Å². The topological polar surface area (TPSA) is 101 Å². The summed E-state index contributed by atoms with van der Waals surface area (Å²) in [6.07, 6.45) is 2.56. The molecular formula is C10H14O6. The summed E-state index contributed by atoms with van der Waals surface area (Å²) in [5, 5.41) is 15.9. The Hall–Kier alpha value is -2.11. The maximum absolute atomic E-state index is 10.5. The highest BCUT2D eigenvalue weighted by Crippen LogP contribution is 1.90. The molecule has 0 radical (unpaired) electrons. The maximum atomic E-state index is 10.5. The molecule has 0 aliphatic heterocycles. The molecule has 0 saturated heterocycles. The van der Waals surface area contributed by atoms with E-state index >= 15 is 0 Å². The van der Waals surface area contributed by atoms with Gasteiger partial charge in [0.15, 0.2) is 6.61 Å². The molecule has 0 aromatic heterocycles. The molecule has 0 saturated carbocycles. The molecule has 0 heterocycles. The van der Waals surface area contributed by atoms with Crippen LogP contribution in [0.3, 0.4) is 0 Å². The van der Waals surface area contributed by atoms with Gasteiger partial charge in [0.05, 0.1) is 0 Å². The van der Waals surface area contributed by atoms with E-state index in [1.807, 2.05) is 0 Å². The van der Waals surface area contributed by atoms with Crippen LogP contribution in [0.1, 0.15) is 13.8 Å². The summed E-state index contributed by atoms with van der Waals surface area (Å²) in [6, 6.07) is 0. The zero-order valence-corrected chi connectivity index (χ0v) is 9.10. The average Bonchev–Trinajstić information content (AvgIpc) is 2.14. The highest BCUT2D eigenvalue weighted by molar-refractivity contribution is 5.88. The summed E-state index contributed by atoms with van der Waals surface area (Å²) in [4.78, 5) is 29.8. The lowest BCUT2D eigenvalue weighted by molar-refractivity contribution is -0.152. The van der Waals surface area contributed by atoms with E-state index in [4.69, 9.17) is 10.2 Å². The van der Waals surface area contributed by atoms with Gasteiger partial charge < -0.3 is 14.9 Å². The van der Waals surface area contributed by atoms with Crippen LogP contribution in [0.15, 0.2) is 24.3 Å². The zero-order chi connectivity index (χ0) is 13.1. The molecule has 0 rings (SSSR count). The van der Waals surface area contributed by atoms with Crippen molar-refractivity contribution in [2.45, 2.75) is 13.8 Å². The molecule has 2 N–H and O–H groups in total. The van der Waals surface area contributed by atoms with Gasteiger partial charge in [0.25, 0.3) is 0 Å². The lowest BCUT2D eigenvalue weighted by atomic mass is 10.4. The fraction of sp³-hybridized carbons (Fsp3) is 0.300. The van der Waals surface area contributed by atoms with Crippen LogP contribution in [0.4, 0.5) is 0 Å². The fourth-order valence-electron chi connectivity index (χ4n) is 0.393. The van der Waals surface area contributed by atoms with Crippen molar-refractivity contribution in [2.24, 2.45) is 0 Å². The Labute approximate surface area is 92.8 Å². The third-order valence-electron chi connectivity index (χ3n) is 0.984. The first-order valence-corrected chi connectivity index (χ1v) is 4.21. The summed E-state index contributed by atoms with van der Waals surface area (Å²) in [5.41, 5.74) is 0.196. The minimum absolute atomic E-state index is 0.196. The third kappa shape index (κ3) is 14.4. The smallest absolute Gasteiger partial charge is 0.341 e. The van der Waals surface area contributed by atoms with Crippen LogP contribution in [0, 0.1) is 0 Å². The van der Waals surface area contributed by atoms with Gasteiger partial charge in [0.2, 0.25) is 0 Å². The van der Waals surface area contributed by atoms with Gasteiger partial charge >= 0.3 is 17.9 Å². The van der Waals surface area contributed by atoms with E-state index in [-0.39, 0.29) is 5.57 Å². The van der Waals surface area contributed by atoms with E-state index in [2.05, 4.69) is 11.3 Å². The Morgan fingerprint density at radius 1 is 1.31 bits per heavy atom. The van der Waals surface area contributed by atoms with Crippen molar-refractivity contribution in [3.63, 3.8) is 0 Å². The third-order valence-corrected chi connectivity index (χ3v) is 0.984. The first-order chi connectivity index (χ1) is 7.31. The molecular weight excluding hydrogens is 216 g/mol. The van der Waals surface area contributed by atoms with Crippen LogP contribution >= 0.6 is 0 Å². The first kappa shape index (κ1) is 16.3. The van der Waals surface area contributed by atoms with E-state index in [9.17, 15) is 14.4 Å². The molecule has 0 spiro atoms. The first-order valence-electron chi connectivity index (χ1n) is 4.21. The predicted molar refractivity (Wildman–Crippen MR) is 55.9 cm³/mol. The Kier molecular flexibility index (Phi) is 9.64. The van der Waals surface area contributed by atoms with Gasteiger partial charge in [0.1, 0.15) is 0 Å². The van der Waals surface area contributed by atoms with Crippen molar-refractivity contribution in [1.29, 1.82) is 0 Å². The average molecular weight is 230 g/mol. The highest BCUT2D eigenvalue weighted by atomic mass is 16.5. The molecule has 6 nitrogen and oxygen atoms in total. The molecule has 16 heavy (non-hydrogen) atoms. The van der Waals surface area contributed by atoms with E-state index in [0.717, 1.165) is 6.08 Å². The molecule has 0 unspecified atom stereocenters. The van der Waals surface area contributed by atoms with Crippen molar-refractivity contribution in [3.05, 3.63) is 24.3 Å². The summed E-state index contributed by atoms with van der Waals surface area (Å²) < 4.78 is 4.23. The Morgan fingerprint density at radius 2 is 1.81 bits per heavy atom. The van der Waals surface area contributed by atoms with E-state index in [0.29, 0.717) is 0 Å². The number of hydrogen-bond donors (Lipinski definition) is 2. The number of carbonyl (C=O) groups is 3. The van der Waals surface area contributed by atoms with E-state index < -0.39 is 24.5 Å². The molecule has 0 aromatic carbocycles. The fourth-order valence-corrected chi connectivity index (χ4v) is 0.393. The number of allylic oxidation sites excluding steroid dienone is 1. The number of ether oxygens (including phenoxy) is 1. The normalized spacial score (nSPS) is 8.88. The summed E-state index contributed by atoms with van der Waals surface area (Å²) in [7, 11) is 0. The second-order valence-electron chi connectivity index (χ2n) is 2.59. The molecule has 0 aliphatic carbocycles. The van der Waals surface area contributed by atoms with Crippen LogP contribution in [0.5, 0.6) is 0 Å². The van der Waals surface area contributed by atoms with Gasteiger partial charge in [-0.25, -0.2) is 14.4 Å². The van der Waals surface area contributed by atoms with Crippen molar-refractivity contribution in [3.8, 4) is 0 Å². The van der Waals surface area contributed by atoms with Crippen molar-refractivity contribution < 1.29 is 29.3 Å². The molecule has 0 aliphatic rings. The highest BCUT2D eigenvalue weighted by Gasteiger charge is 2.04. The standard InChI is InChI=1S/C6H8O4.C4H6O2/c1-4(2)6(9)10-3-5(7)8;1-2-3-4(5)6/h1,3H2,2H3,(H,7,8);2-3H,1H3,(H,5,6). The zero-order valence-electron chi connectivity index (χ0n) is 9.10. The van der Waals surface area contributed by atoms with Gasteiger partial charge in [0, 0.05) is 11.6 Å². The molecule has 90 valence electrons. The maximum Gasteiger partial charge on any atom is 0.341 e. The number of hydrogen-bond acceptors (Lipinski definition) is 4. The lowest BCUT2D eigenvalue weighted by Crippen LogP contribution is -2.12. The number of rotatable bonds is 4. The number of esters is 1. The summed E-state index contributed by atoms with van der Waals surface area (Å²) in [5.74, 6) is -2.74. The van der Waals surface area contributed by atoms with Crippen LogP contribution in [0.25, 0.3) is 0 Å². The largest absolute Gasteiger partial charge is 0.479 e. The molecule has 6 heteroatoms. The number of carbonyl (C=O) groups excluding carboxylic acids is 1. The van der Waals surface area contributed by atoms with Gasteiger partial charge in [-0.1, -0.05) is 12.7 Å². The van der Waals surface area contributed by atoms with Gasteiger partial charge in [-0.05, 0) is 13.8 Å². The number of carboxylic acids is 2. The lowest BCUT2D eigenvalue weighted by Gasteiger charge is -1.98.